The third-order valence-corrected chi connectivity index (χ3v) is 4.30. The van der Waals surface area contributed by atoms with Gasteiger partial charge in [-0.25, -0.2) is 14.3 Å². The molecule has 0 aliphatic rings. The highest BCUT2D eigenvalue weighted by Crippen LogP contribution is 2.29. The number of rotatable bonds is 3. The quantitative estimate of drug-likeness (QED) is 0.631. The fraction of sp³-hybridized carbons (Fsp3) is 0.263. The highest BCUT2D eigenvalue weighted by molar-refractivity contribution is 5.76. The van der Waals surface area contributed by atoms with E-state index in [1.807, 2.05) is 0 Å². The zero-order valence-corrected chi connectivity index (χ0v) is 15.9. The van der Waals surface area contributed by atoms with Crippen LogP contribution in [0.2, 0.25) is 0 Å². The molecule has 0 bridgehead atoms. The predicted octanol–water partition coefficient (Wildman–Crippen LogP) is 0.620. The summed E-state index contributed by atoms with van der Waals surface area (Å²) < 4.78 is 41.5. The number of alkyl halides is 3. The first kappa shape index (κ1) is 20.9. The van der Waals surface area contributed by atoms with Gasteiger partial charge in [0.05, 0.1) is 18.4 Å². The lowest BCUT2D eigenvalue weighted by Gasteiger charge is -2.08. The van der Waals surface area contributed by atoms with Gasteiger partial charge in [-0.1, -0.05) is 17.9 Å². The van der Waals surface area contributed by atoms with Gasteiger partial charge < -0.3 is 9.88 Å². The lowest BCUT2D eigenvalue weighted by Crippen LogP contribution is -2.43. The molecule has 0 saturated heterocycles. The molecule has 2 heterocycles. The average molecular weight is 419 g/mol. The number of amides is 1. The van der Waals surface area contributed by atoms with Gasteiger partial charge >= 0.3 is 11.9 Å². The van der Waals surface area contributed by atoms with E-state index in [1.54, 1.807) is 7.05 Å². The van der Waals surface area contributed by atoms with Crippen LogP contribution in [0.5, 0.6) is 0 Å². The summed E-state index contributed by atoms with van der Waals surface area (Å²) in [6.45, 7) is -0.698. The number of halogens is 3. The molecule has 8 nitrogen and oxygen atoms in total. The largest absolute Gasteiger partial charge is 0.416 e. The lowest BCUT2D eigenvalue weighted by atomic mass is 10.1. The van der Waals surface area contributed by atoms with Crippen molar-refractivity contribution in [2.24, 2.45) is 14.1 Å². The minimum Gasteiger partial charge on any atom is -0.344 e. The van der Waals surface area contributed by atoms with Gasteiger partial charge in [0.15, 0.2) is 11.2 Å². The van der Waals surface area contributed by atoms with Crippen LogP contribution >= 0.6 is 0 Å². The van der Waals surface area contributed by atoms with E-state index in [0.29, 0.717) is 0 Å². The van der Waals surface area contributed by atoms with Crippen molar-refractivity contribution in [3.63, 3.8) is 0 Å². The molecule has 2 aromatic heterocycles. The first-order valence-corrected chi connectivity index (χ1v) is 8.63. The van der Waals surface area contributed by atoms with Crippen LogP contribution in [0.25, 0.3) is 11.2 Å². The Kier molecular flexibility index (Phi) is 5.51. The van der Waals surface area contributed by atoms with Crippen molar-refractivity contribution >= 4 is 17.1 Å². The van der Waals surface area contributed by atoms with Crippen LogP contribution in [-0.4, -0.2) is 31.1 Å². The molecule has 0 saturated carbocycles. The Labute approximate surface area is 167 Å². The molecule has 0 spiro atoms. The van der Waals surface area contributed by atoms with E-state index >= 15 is 0 Å². The van der Waals surface area contributed by atoms with Crippen molar-refractivity contribution in [1.82, 2.24) is 24.0 Å². The fourth-order valence-electron chi connectivity index (χ4n) is 2.80. The van der Waals surface area contributed by atoms with Crippen LogP contribution in [0.15, 0.2) is 40.2 Å². The van der Waals surface area contributed by atoms with Gasteiger partial charge in [-0.15, -0.1) is 0 Å². The van der Waals surface area contributed by atoms with E-state index in [-0.39, 0.29) is 23.3 Å². The Morgan fingerprint density at radius 2 is 1.97 bits per heavy atom. The predicted molar refractivity (Wildman–Crippen MR) is 102 cm³/mol. The molecule has 1 N–H and O–H groups in total. The van der Waals surface area contributed by atoms with Gasteiger partial charge in [-0.2, -0.15) is 13.2 Å². The maximum atomic E-state index is 12.7. The number of benzene rings is 1. The minimum atomic E-state index is -4.47. The Bertz CT molecular complexity index is 1310. The second-order valence-electron chi connectivity index (χ2n) is 6.42. The van der Waals surface area contributed by atoms with Crippen molar-refractivity contribution in [2.45, 2.75) is 12.7 Å². The molecule has 3 aromatic rings. The summed E-state index contributed by atoms with van der Waals surface area (Å²) >= 11 is 0. The van der Waals surface area contributed by atoms with Crippen molar-refractivity contribution in [3.05, 3.63) is 62.6 Å². The molecule has 3 rings (SSSR count). The standard InChI is InChI=1S/C19H16F3N5O3/c1-25-11-24-16-15(25)17(29)27(18(30)26(16)2)10-14(28)23-8-4-6-12-5-3-7-13(9-12)19(20,21)22/h3,5,7,9,11H,8,10H2,1-2H3,(H,23,28). The van der Waals surface area contributed by atoms with E-state index in [2.05, 4.69) is 22.1 Å². The third-order valence-electron chi connectivity index (χ3n) is 4.30. The Morgan fingerprint density at radius 1 is 1.23 bits per heavy atom. The molecule has 1 amide bonds. The van der Waals surface area contributed by atoms with E-state index in [9.17, 15) is 27.6 Å². The zero-order valence-electron chi connectivity index (χ0n) is 15.9. The third kappa shape index (κ3) is 4.12. The summed E-state index contributed by atoms with van der Waals surface area (Å²) in [5.41, 5.74) is -1.65. The molecule has 156 valence electrons. The van der Waals surface area contributed by atoms with Gasteiger partial charge in [0.25, 0.3) is 5.56 Å². The van der Waals surface area contributed by atoms with Gasteiger partial charge in [0, 0.05) is 19.7 Å². The van der Waals surface area contributed by atoms with Crippen LogP contribution in [0.3, 0.4) is 0 Å². The van der Waals surface area contributed by atoms with Gasteiger partial charge in [-0.3, -0.25) is 14.2 Å². The maximum absolute atomic E-state index is 12.7. The molecule has 0 radical (unpaired) electrons. The molecule has 0 atom stereocenters. The van der Waals surface area contributed by atoms with Crippen molar-refractivity contribution in [3.8, 4) is 11.8 Å². The molecule has 0 aliphatic carbocycles. The maximum Gasteiger partial charge on any atom is 0.416 e. The lowest BCUT2D eigenvalue weighted by molar-refractivity contribution is -0.137. The van der Waals surface area contributed by atoms with E-state index in [0.717, 1.165) is 21.3 Å². The van der Waals surface area contributed by atoms with Crippen molar-refractivity contribution in [1.29, 1.82) is 0 Å². The number of aromatic nitrogens is 4. The van der Waals surface area contributed by atoms with Crippen LogP contribution < -0.4 is 16.6 Å². The number of carbonyl (C=O) groups is 1. The molecular formula is C19H16F3N5O3. The van der Waals surface area contributed by atoms with Crippen molar-refractivity contribution < 1.29 is 18.0 Å². The number of fused-ring (bicyclic) bond motifs is 1. The summed E-state index contributed by atoms with van der Waals surface area (Å²) in [5.74, 6) is 4.42. The van der Waals surface area contributed by atoms with Crippen molar-refractivity contribution in [2.75, 3.05) is 6.54 Å². The van der Waals surface area contributed by atoms with Crippen LogP contribution in [-0.2, 0) is 31.6 Å². The molecule has 30 heavy (non-hydrogen) atoms. The zero-order chi connectivity index (χ0) is 22.1. The highest BCUT2D eigenvalue weighted by atomic mass is 19.4. The minimum absolute atomic E-state index is 0.144. The first-order valence-electron chi connectivity index (χ1n) is 8.63. The van der Waals surface area contributed by atoms with Crippen LogP contribution in [0, 0.1) is 11.8 Å². The number of nitrogens with zero attached hydrogens (tertiary/aromatic N) is 4. The van der Waals surface area contributed by atoms with Gasteiger partial charge in [0.1, 0.15) is 6.54 Å². The summed E-state index contributed by atoms with van der Waals surface area (Å²) in [6.07, 6.45) is -3.08. The van der Waals surface area contributed by atoms with E-state index in [4.69, 9.17) is 0 Å². The number of nitrogens with one attached hydrogen (secondary N) is 1. The first-order chi connectivity index (χ1) is 14.1. The number of hydrogen-bond acceptors (Lipinski definition) is 4. The summed E-state index contributed by atoms with van der Waals surface area (Å²) in [6, 6.07) is 4.49. The normalized spacial score (nSPS) is 11.2. The van der Waals surface area contributed by atoms with E-state index in [1.165, 1.54) is 30.1 Å². The molecule has 11 heteroatoms. The fourth-order valence-corrected chi connectivity index (χ4v) is 2.80. The van der Waals surface area contributed by atoms with Crippen LogP contribution in [0.4, 0.5) is 13.2 Å². The highest BCUT2D eigenvalue weighted by Gasteiger charge is 2.30. The van der Waals surface area contributed by atoms with E-state index < -0.39 is 35.4 Å². The number of aryl methyl sites for hydroxylation is 2. The van der Waals surface area contributed by atoms with Gasteiger partial charge in [0.2, 0.25) is 5.91 Å². The monoisotopic (exact) mass is 419 g/mol. The summed E-state index contributed by atoms with van der Waals surface area (Å²) in [7, 11) is 3.03. The smallest absolute Gasteiger partial charge is 0.344 e. The number of imidazole rings is 1. The second-order valence-corrected chi connectivity index (χ2v) is 6.42. The average Bonchev–Trinajstić information content (AvgIpc) is 3.08. The molecule has 0 fully saturated rings. The molecule has 0 aliphatic heterocycles. The Morgan fingerprint density at radius 3 is 2.67 bits per heavy atom. The topological polar surface area (TPSA) is 90.9 Å². The molecule has 1 aromatic carbocycles. The Balaban J connectivity index is 1.71. The number of hydrogen-bond donors (Lipinski definition) is 1. The second kappa shape index (κ2) is 7.90. The molecular weight excluding hydrogens is 403 g/mol. The summed E-state index contributed by atoms with van der Waals surface area (Å²) in [5, 5.41) is 2.41. The summed E-state index contributed by atoms with van der Waals surface area (Å²) in [4.78, 5) is 41.0. The number of carbonyl (C=O) groups excluding carboxylic acids is 1. The SMILES string of the molecule is Cn1cnc2c1c(=O)n(CC(=O)NCC#Cc1cccc(C(F)(F)F)c1)c(=O)n2C. The molecule has 0 unspecified atom stereocenters. The van der Waals surface area contributed by atoms with Crippen LogP contribution in [0.1, 0.15) is 11.1 Å². The Hall–Kier alpha value is -3.81. The van der Waals surface area contributed by atoms with Gasteiger partial charge in [-0.05, 0) is 18.2 Å².